The lowest BCUT2D eigenvalue weighted by atomic mass is 10.1. The van der Waals surface area contributed by atoms with Crippen molar-refractivity contribution in [2.24, 2.45) is 5.92 Å². The minimum Gasteiger partial charge on any atom is -0.481 e. The lowest BCUT2D eigenvalue weighted by Crippen LogP contribution is -2.38. The molecule has 1 atom stereocenters. The van der Waals surface area contributed by atoms with E-state index in [0.29, 0.717) is 26.1 Å². The number of carbonyl (C=O) groups is 2. The van der Waals surface area contributed by atoms with E-state index in [1.807, 2.05) is 0 Å². The van der Waals surface area contributed by atoms with E-state index in [1.54, 1.807) is 11.8 Å². The van der Waals surface area contributed by atoms with Gasteiger partial charge in [0.1, 0.15) is 0 Å². The van der Waals surface area contributed by atoms with Crippen LogP contribution < -0.4 is 5.32 Å². The maximum Gasteiger partial charge on any atom is 0.317 e. The number of nitrogens with one attached hydrogen (secondary N) is 1. The van der Waals surface area contributed by atoms with Crippen LogP contribution >= 0.6 is 0 Å². The molecular formula is C12H18N2O3. The third kappa shape index (κ3) is 4.77. The molecule has 1 aliphatic heterocycles. The van der Waals surface area contributed by atoms with Crippen molar-refractivity contribution < 1.29 is 14.7 Å². The Hall–Kier alpha value is -1.70. The van der Waals surface area contributed by atoms with Crippen LogP contribution in [0.1, 0.15) is 26.2 Å². The van der Waals surface area contributed by atoms with Gasteiger partial charge < -0.3 is 15.3 Å². The number of hydrogen-bond acceptors (Lipinski definition) is 2. The fourth-order valence-corrected chi connectivity index (χ4v) is 1.90. The van der Waals surface area contributed by atoms with Gasteiger partial charge in [0.05, 0.1) is 0 Å². The molecule has 0 bridgehead atoms. The van der Waals surface area contributed by atoms with Crippen LogP contribution in [0.25, 0.3) is 0 Å². The van der Waals surface area contributed by atoms with Crippen molar-refractivity contribution in [2.45, 2.75) is 26.2 Å². The van der Waals surface area contributed by atoms with Crippen LogP contribution in [0.3, 0.4) is 0 Å². The van der Waals surface area contributed by atoms with E-state index in [-0.39, 0.29) is 18.4 Å². The zero-order valence-electron chi connectivity index (χ0n) is 10.0. The zero-order chi connectivity index (χ0) is 12.7. The predicted molar refractivity (Wildman–Crippen MR) is 63.4 cm³/mol. The van der Waals surface area contributed by atoms with Gasteiger partial charge in [-0.25, -0.2) is 4.79 Å². The fraction of sp³-hybridized carbons (Fsp3) is 0.667. The molecule has 1 aliphatic rings. The van der Waals surface area contributed by atoms with Crippen molar-refractivity contribution in [2.75, 3.05) is 19.6 Å². The van der Waals surface area contributed by atoms with Crippen molar-refractivity contribution in [3.63, 3.8) is 0 Å². The highest BCUT2D eigenvalue weighted by atomic mass is 16.4. The largest absolute Gasteiger partial charge is 0.481 e. The molecule has 1 saturated heterocycles. The van der Waals surface area contributed by atoms with Crippen molar-refractivity contribution in [1.29, 1.82) is 0 Å². The molecule has 1 heterocycles. The number of carboxylic acid groups (broad SMARTS) is 1. The van der Waals surface area contributed by atoms with Crippen molar-refractivity contribution >= 4 is 12.0 Å². The molecule has 1 fully saturated rings. The molecule has 1 rings (SSSR count). The highest BCUT2D eigenvalue weighted by Gasteiger charge is 2.27. The molecule has 5 heteroatoms. The van der Waals surface area contributed by atoms with E-state index in [0.717, 1.165) is 6.42 Å². The molecule has 0 saturated carbocycles. The summed E-state index contributed by atoms with van der Waals surface area (Å²) < 4.78 is 0. The Labute approximate surface area is 101 Å². The Kier molecular flexibility index (Phi) is 5.34. The molecule has 2 amide bonds. The van der Waals surface area contributed by atoms with Gasteiger partial charge in [-0.15, -0.1) is 11.8 Å². The summed E-state index contributed by atoms with van der Waals surface area (Å²) >= 11 is 0. The van der Waals surface area contributed by atoms with Gasteiger partial charge in [0.25, 0.3) is 0 Å². The van der Waals surface area contributed by atoms with Crippen LogP contribution in [0.5, 0.6) is 0 Å². The van der Waals surface area contributed by atoms with E-state index in [2.05, 4.69) is 17.2 Å². The first kappa shape index (κ1) is 13.4. The van der Waals surface area contributed by atoms with Crippen LogP contribution in [0.4, 0.5) is 4.79 Å². The number of amides is 2. The van der Waals surface area contributed by atoms with Crippen molar-refractivity contribution in [3.8, 4) is 11.8 Å². The monoisotopic (exact) mass is 238 g/mol. The van der Waals surface area contributed by atoms with Gasteiger partial charge in [0.2, 0.25) is 0 Å². The standard InChI is InChI=1S/C12H18N2O3/c1-2-3-4-6-13-12(17)14-7-5-10(9-14)8-11(15)16/h10H,4-9H2,1H3,(H,13,17)(H,15,16). The maximum absolute atomic E-state index is 11.7. The minimum absolute atomic E-state index is 0.0914. The second-order valence-corrected chi connectivity index (χ2v) is 4.11. The normalized spacial score (nSPS) is 18.4. The van der Waals surface area contributed by atoms with Crippen LogP contribution in [0.15, 0.2) is 0 Å². The summed E-state index contributed by atoms with van der Waals surface area (Å²) in [7, 11) is 0. The molecule has 2 N–H and O–H groups in total. The predicted octanol–water partition coefficient (Wildman–Crippen LogP) is 0.906. The first-order chi connectivity index (χ1) is 8.13. The second-order valence-electron chi connectivity index (χ2n) is 4.11. The summed E-state index contributed by atoms with van der Waals surface area (Å²) in [6.07, 6.45) is 1.56. The van der Waals surface area contributed by atoms with Gasteiger partial charge in [0, 0.05) is 32.5 Å². The van der Waals surface area contributed by atoms with E-state index in [9.17, 15) is 9.59 Å². The SMILES string of the molecule is CC#CCCNC(=O)N1CCC(CC(=O)O)C1. The number of rotatable bonds is 4. The number of carbonyl (C=O) groups excluding carboxylic acids is 1. The van der Waals surface area contributed by atoms with Crippen molar-refractivity contribution in [1.82, 2.24) is 10.2 Å². The summed E-state index contributed by atoms with van der Waals surface area (Å²) in [4.78, 5) is 23.9. The van der Waals surface area contributed by atoms with Gasteiger partial charge in [-0.3, -0.25) is 4.79 Å². The molecule has 5 nitrogen and oxygen atoms in total. The number of carboxylic acids is 1. The van der Waals surface area contributed by atoms with Crippen LogP contribution in [-0.2, 0) is 4.79 Å². The number of aliphatic carboxylic acids is 1. The number of hydrogen-bond donors (Lipinski definition) is 2. The smallest absolute Gasteiger partial charge is 0.317 e. The second kappa shape index (κ2) is 6.79. The summed E-state index contributed by atoms with van der Waals surface area (Å²) in [5, 5.41) is 11.4. The summed E-state index contributed by atoms with van der Waals surface area (Å²) in [6, 6.07) is -0.115. The molecule has 0 spiro atoms. The number of likely N-dealkylation sites (tertiary alicyclic amines) is 1. The van der Waals surface area contributed by atoms with Gasteiger partial charge in [-0.05, 0) is 19.3 Å². The Balaban J connectivity index is 2.24. The highest BCUT2D eigenvalue weighted by molar-refractivity contribution is 5.74. The van der Waals surface area contributed by atoms with Crippen LogP contribution in [0.2, 0.25) is 0 Å². The summed E-state index contributed by atoms with van der Waals surface area (Å²) in [6.45, 7) is 3.49. The maximum atomic E-state index is 11.7. The fourth-order valence-electron chi connectivity index (χ4n) is 1.90. The average Bonchev–Trinajstić information content (AvgIpc) is 2.71. The van der Waals surface area contributed by atoms with Gasteiger partial charge >= 0.3 is 12.0 Å². The van der Waals surface area contributed by atoms with Gasteiger partial charge in [-0.2, -0.15) is 0 Å². The van der Waals surface area contributed by atoms with Crippen molar-refractivity contribution in [3.05, 3.63) is 0 Å². The van der Waals surface area contributed by atoms with Gasteiger partial charge in [-0.1, -0.05) is 0 Å². The first-order valence-electron chi connectivity index (χ1n) is 5.77. The topological polar surface area (TPSA) is 69.6 Å². The van der Waals surface area contributed by atoms with E-state index in [1.165, 1.54) is 0 Å². The molecule has 0 aliphatic carbocycles. The average molecular weight is 238 g/mol. The first-order valence-corrected chi connectivity index (χ1v) is 5.77. The molecule has 17 heavy (non-hydrogen) atoms. The summed E-state index contributed by atoms with van der Waals surface area (Å²) in [5.41, 5.74) is 0. The molecule has 0 aromatic rings. The quantitative estimate of drug-likeness (QED) is 0.565. The van der Waals surface area contributed by atoms with E-state index < -0.39 is 5.97 Å². The van der Waals surface area contributed by atoms with Gasteiger partial charge in [0.15, 0.2) is 0 Å². The highest BCUT2D eigenvalue weighted by Crippen LogP contribution is 2.19. The Morgan fingerprint density at radius 3 is 2.94 bits per heavy atom. The molecule has 0 aromatic heterocycles. The van der Waals surface area contributed by atoms with Crippen LogP contribution in [0, 0.1) is 17.8 Å². The molecular weight excluding hydrogens is 220 g/mol. The molecule has 94 valence electrons. The Morgan fingerprint density at radius 2 is 2.29 bits per heavy atom. The lowest BCUT2D eigenvalue weighted by Gasteiger charge is -2.16. The number of urea groups is 1. The molecule has 0 aromatic carbocycles. The third-order valence-corrected chi connectivity index (χ3v) is 2.74. The van der Waals surface area contributed by atoms with Crippen LogP contribution in [-0.4, -0.2) is 41.6 Å². The summed E-state index contributed by atoms with van der Waals surface area (Å²) in [5.74, 6) is 4.92. The Bertz CT molecular complexity index is 343. The third-order valence-electron chi connectivity index (χ3n) is 2.74. The minimum atomic E-state index is -0.796. The zero-order valence-corrected chi connectivity index (χ0v) is 10.0. The Morgan fingerprint density at radius 1 is 1.53 bits per heavy atom. The van der Waals surface area contributed by atoms with E-state index >= 15 is 0 Å². The van der Waals surface area contributed by atoms with E-state index in [4.69, 9.17) is 5.11 Å². The lowest BCUT2D eigenvalue weighted by molar-refractivity contribution is -0.138. The number of nitrogens with zero attached hydrogens (tertiary/aromatic N) is 1. The molecule has 1 unspecified atom stereocenters. The molecule has 0 radical (unpaired) electrons.